The summed E-state index contributed by atoms with van der Waals surface area (Å²) in [6, 6.07) is 53.5. The van der Waals surface area contributed by atoms with Crippen molar-refractivity contribution < 1.29 is 0 Å². The second kappa shape index (κ2) is 13.1. The summed E-state index contributed by atoms with van der Waals surface area (Å²) in [6.07, 6.45) is 0. The number of aromatic nitrogens is 5. The molecule has 0 aliphatic rings. The Morgan fingerprint density at radius 2 is 0.875 bits per heavy atom. The fraction of sp³-hybridized carbons (Fsp3) is 0. The van der Waals surface area contributed by atoms with Crippen molar-refractivity contribution in [3.8, 4) is 45.5 Å². The normalized spacial score (nSPS) is 11.3. The third-order valence-electron chi connectivity index (χ3n) is 10.2. The van der Waals surface area contributed by atoms with Crippen molar-refractivity contribution in [3.05, 3.63) is 202 Å². The maximum absolute atomic E-state index is 14.8. The summed E-state index contributed by atoms with van der Waals surface area (Å²) in [4.78, 5) is 47.4. The summed E-state index contributed by atoms with van der Waals surface area (Å²) in [5.41, 5.74) is 5.30. The van der Waals surface area contributed by atoms with E-state index in [2.05, 4.69) is 15.5 Å². The highest BCUT2D eigenvalue weighted by molar-refractivity contribution is 6.17. The van der Waals surface area contributed by atoms with Crippen LogP contribution >= 0.6 is 0 Å². The second-order valence-corrected chi connectivity index (χ2v) is 13.5. The summed E-state index contributed by atoms with van der Waals surface area (Å²) in [6.45, 7) is 7.43. The van der Waals surface area contributed by atoms with Crippen molar-refractivity contribution in [2.75, 3.05) is 0 Å². The zero-order valence-electron chi connectivity index (χ0n) is 29.7. The van der Waals surface area contributed by atoms with E-state index in [-0.39, 0.29) is 0 Å². The highest BCUT2D eigenvalue weighted by atomic mass is 16.2. The van der Waals surface area contributed by atoms with Crippen LogP contribution in [0.2, 0.25) is 0 Å². The molecular formula is C48H28N6O2. The average molecular weight is 721 g/mol. The van der Waals surface area contributed by atoms with Crippen LogP contribution in [-0.4, -0.2) is 24.1 Å². The van der Waals surface area contributed by atoms with E-state index in [4.69, 9.17) is 21.5 Å². The van der Waals surface area contributed by atoms with Gasteiger partial charge in [0, 0.05) is 43.9 Å². The zero-order chi connectivity index (χ0) is 37.8. The van der Waals surface area contributed by atoms with E-state index in [0.29, 0.717) is 56.0 Å². The Hall–Kier alpha value is -8.02. The van der Waals surface area contributed by atoms with Crippen LogP contribution in [0.1, 0.15) is 0 Å². The fourth-order valence-electron chi connectivity index (χ4n) is 7.54. The Balaban J connectivity index is 1.18. The van der Waals surface area contributed by atoms with Gasteiger partial charge in [-0.2, -0.15) is 0 Å². The molecule has 0 aliphatic carbocycles. The first-order valence-electron chi connectivity index (χ1n) is 18.1. The molecule has 10 aromatic rings. The van der Waals surface area contributed by atoms with Crippen LogP contribution in [0.25, 0.3) is 93.7 Å². The van der Waals surface area contributed by atoms with Gasteiger partial charge in [-0.3, -0.25) is 9.59 Å². The van der Waals surface area contributed by atoms with Crippen molar-refractivity contribution in [1.29, 1.82) is 0 Å². The molecule has 3 heterocycles. The summed E-state index contributed by atoms with van der Waals surface area (Å²) in [5.74, 6) is 1.55. The second-order valence-electron chi connectivity index (χ2n) is 13.5. The quantitative estimate of drug-likeness (QED) is 0.165. The van der Waals surface area contributed by atoms with Gasteiger partial charge in [0.05, 0.1) is 23.3 Å². The lowest BCUT2D eigenvalue weighted by atomic mass is 10.0. The third-order valence-corrected chi connectivity index (χ3v) is 10.2. The lowest BCUT2D eigenvalue weighted by molar-refractivity contribution is 0.975. The van der Waals surface area contributed by atoms with Crippen LogP contribution in [-0.2, 0) is 0 Å². The molecule has 56 heavy (non-hydrogen) atoms. The Morgan fingerprint density at radius 1 is 0.393 bits per heavy atom. The third kappa shape index (κ3) is 5.34. The summed E-state index contributed by atoms with van der Waals surface area (Å²) < 4.78 is 3.41. The van der Waals surface area contributed by atoms with Gasteiger partial charge in [0.15, 0.2) is 23.2 Å². The lowest BCUT2D eigenvalue weighted by Crippen LogP contribution is -2.28. The number of nitrogens with zero attached hydrogens (tertiary/aromatic N) is 6. The molecule has 0 N–H and O–H groups in total. The van der Waals surface area contributed by atoms with Gasteiger partial charge < -0.3 is 4.57 Å². The van der Waals surface area contributed by atoms with E-state index in [1.165, 1.54) is 4.57 Å². The van der Waals surface area contributed by atoms with Crippen molar-refractivity contribution in [1.82, 2.24) is 24.1 Å². The Morgan fingerprint density at radius 3 is 1.48 bits per heavy atom. The molecule has 0 atom stereocenters. The fourth-order valence-corrected chi connectivity index (χ4v) is 7.54. The molecule has 0 amide bonds. The summed E-state index contributed by atoms with van der Waals surface area (Å²) in [7, 11) is 0. The maximum Gasteiger partial charge on any atom is 0.265 e. The van der Waals surface area contributed by atoms with Crippen molar-refractivity contribution >= 4 is 49.0 Å². The zero-order valence-corrected chi connectivity index (χ0v) is 29.7. The predicted octanol–water partition coefficient (Wildman–Crippen LogP) is 10.3. The molecule has 8 heteroatoms. The number of para-hydroxylation sites is 1. The summed E-state index contributed by atoms with van der Waals surface area (Å²) in [5, 5.41) is 4.03. The molecule has 7 aromatic carbocycles. The summed E-state index contributed by atoms with van der Waals surface area (Å²) >= 11 is 0. The van der Waals surface area contributed by atoms with Crippen molar-refractivity contribution in [2.24, 2.45) is 0 Å². The maximum atomic E-state index is 14.8. The molecule has 262 valence electrons. The van der Waals surface area contributed by atoms with Crippen LogP contribution in [0.3, 0.4) is 0 Å². The van der Waals surface area contributed by atoms with E-state index in [1.807, 2.05) is 133 Å². The van der Waals surface area contributed by atoms with Crippen LogP contribution in [0.5, 0.6) is 0 Å². The average Bonchev–Trinajstić information content (AvgIpc) is 3.55. The Labute approximate surface area is 319 Å². The molecule has 8 nitrogen and oxygen atoms in total. The van der Waals surface area contributed by atoms with Gasteiger partial charge in [-0.15, -0.1) is 0 Å². The SMILES string of the molecule is [C-]#[N+]c1ccc(-n2c3ccccc3c3cc4c(=O)n(-c5ccc(-c6nc(-c7ccccc7)nc(-c7ccccc7)n6)cc5)c(=O)c5ccccc5c4cc32)cc1. The van der Waals surface area contributed by atoms with E-state index in [9.17, 15) is 9.59 Å². The van der Waals surface area contributed by atoms with E-state index in [1.54, 1.807) is 30.3 Å². The molecule has 0 aliphatic heterocycles. The minimum Gasteiger partial charge on any atom is -0.309 e. The van der Waals surface area contributed by atoms with Gasteiger partial charge in [-0.1, -0.05) is 109 Å². The standard InChI is InChI=1S/C48H28N6O2/c1-49-33-22-26-34(27-23-33)53-42-19-11-10-17-37(42)40-28-41-39(29-43(40)53)36-16-8-9-18-38(36)47(55)54(48(41)56)35-24-20-32(21-25-35)46-51-44(30-12-4-2-5-13-30)50-45(52-46)31-14-6-3-7-15-31/h2-29H. The van der Waals surface area contributed by atoms with Crippen LogP contribution < -0.4 is 11.1 Å². The largest absolute Gasteiger partial charge is 0.309 e. The minimum atomic E-state index is -0.424. The minimum absolute atomic E-state index is 0.417. The Bertz CT molecular complexity index is 3280. The molecule has 0 fully saturated rings. The van der Waals surface area contributed by atoms with Gasteiger partial charge in [0.25, 0.3) is 11.1 Å². The van der Waals surface area contributed by atoms with E-state index in [0.717, 1.165) is 38.6 Å². The number of rotatable bonds is 5. The van der Waals surface area contributed by atoms with E-state index >= 15 is 0 Å². The van der Waals surface area contributed by atoms with Crippen LogP contribution in [0.4, 0.5) is 5.69 Å². The van der Waals surface area contributed by atoms with Gasteiger partial charge in [0.2, 0.25) is 0 Å². The molecule has 0 spiro atoms. The van der Waals surface area contributed by atoms with Crippen molar-refractivity contribution in [2.45, 2.75) is 0 Å². The highest BCUT2D eigenvalue weighted by Crippen LogP contribution is 2.36. The molecule has 10 rings (SSSR count). The lowest BCUT2D eigenvalue weighted by Gasteiger charge is -2.09. The first-order valence-corrected chi connectivity index (χ1v) is 18.1. The molecule has 0 radical (unpaired) electrons. The number of benzene rings is 7. The van der Waals surface area contributed by atoms with Gasteiger partial charge >= 0.3 is 0 Å². The van der Waals surface area contributed by atoms with Crippen molar-refractivity contribution in [3.63, 3.8) is 0 Å². The van der Waals surface area contributed by atoms with Gasteiger partial charge in [-0.25, -0.2) is 24.4 Å². The monoisotopic (exact) mass is 720 g/mol. The van der Waals surface area contributed by atoms with Crippen LogP contribution in [0.15, 0.2) is 179 Å². The predicted molar refractivity (Wildman–Crippen MR) is 224 cm³/mol. The van der Waals surface area contributed by atoms with E-state index < -0.39 is 11.1 Å². The molecule has 0 saturated carbocycles. The van der Waals surface area contributed by atoms with Gasteiger partial charge in [0.1, 0.15) is 0 Å². The molecule has 0 saturated heterocycles. The van der Waals surface area contributed by atoms with Crippen LogP contribution in [0, 0.1) is 6.57 Å². The first kappa shape index (κ1) is 32.6. The Kier molecular flexibility index (Phi) is 7.65. The highest BCUT2D eigenvalue weighted by Gasteiger charge is 2.19. The number of fused-ring (bicyclic) bond motifs is 6. The smallest absolute Gasteiger partial charge is 0.265 e. The first-order chi connectivity index (χ1) is 27.6. The molecule has 0 unspecified atom stereocenters. The molecule has 0 bridgehead atoms. The number of hydrogen-bond acceptors (Lipinski definition) is 5. The topological polar surface area (TPSA) is 87.0 Å². The number of hydrogen-bond donors (Lipinski definition) is 0. The molecule has 3 aromatic heterocycles. The molecular weight excluding hydrogens is 693 g/mol. The van der Waals surface area contributed by atoms with Gasteiger partial charge in [-0.05, 0) is 71.4 Å².